The number of nitrogens with zero attached hydrogens (tertiary/aromatic N) is 1. The van der Waals surface area contributed by atoms with Crippen molar-refractivity contribution in [3.63, 3.8) is 0 Å². The molecule has 3 aromatic heterocycles. The van der Waals surface area contributed by atoms with E-state index in [0.717, 1.165) is 46.1 Å². The highest BCUT2D eigenvalue weighted by Gasteiger charge is 2.24. The van der Waals surface area contributed by atoms with Gasteiger partial charge in [0.25, 0.3) is 5.56 Å². The average molecular weight is 422 g/mol. The number of para-hydroxylation sites is 1. The molecule has 0 fully saturated rings. The normalized spacial score (nSPS) is 17.2. The van der Waals surface area contributed by atoms with Crippen LogP contribution in [0.3, 0.4) is 0 Å². The molecule has 1 aliphatic carbocycles. The lowest BCUT2D eigenvalue weighted by Gasteiger charge is -2.17. The van der Waals surface area contributed by atoms with Crippen molar-refractivity contribution in [3.8, 4) is 0 Å². The second-order valence-corrected chi connectivity index (χ2v) is 9.24. The number of hydrogen-bond donors (Lipinski definition) is 2. The van der Waals surface area contributed by atoms with Gasteiger partial charge in [0.1, 0.15) is 4.83 Å². The van der Waals surface area contributed by atoms with Gasteiger partial charge in [-0.15, -0.1) is 11.3 Å². The molecule has 1 aliphatic rings. The first-order valence-electron chi connectivity index (χ1n) is 10.3. The lowest BCUT2D eigenvalue weighted by atomic mass is 9.89. The first-order chi connectivity index (χ1) is 14.5. The third-order valence-electron chi connectivity index (χ3n) is 5.89. The Bertz CT molecular complexity index is 1320. The highest BCUT2D eigenvalue weighted by atomic mass is 32.1. The summed E-state index contributed by atoms with van der Waals surface area (Å²) in [7, 11) is 0. The van der Waals surface area contributed by atoms with Gasteiger partial charge in [-0.05, 0) is 49.3 Å². The van der Waals surface area contributed by atoms with Crippen molar-refractivity contribution >= 4 is 38.4 Å². The second kappa shape index (κ2) is 7.40. The molecule has 2 atom stereocenters. The lowest BCUT2D eigenvalue weighted by molar-refractivity contribution is -0.148. The molecule has 0 saturated heterocycles. The number of thiophene rings is 1. The Morgan fingerprint density at radius 3 is 3.07 bits per heavy atom. The van der Waals surface area contributed by atoms with Crippen LogP contribution in [-0.2, 0) is 28.8 Å². The Hall–Kier alpha value is -2.93. The number of rotatable bonds is 4. The molecule has 0 bridgehead atoms. The summed E-state index contributed by atoms with van der Waals surface area (Å²) in [5, 5.41) is 1.72. The molecule has 6 nitrogen and oxygen atoms in total. The largest absolute Gasteiger partial charge is 0.454 e. The fourth-order valence-corrected chi connectivity index (χ4v) is 5.68. The monoisotopic (exact) mass is 421 g/mol. The molecule has 0 unspecified atom stereocenters. The van der Waals surface area contributed by atoms with E-state index in [-0.39, 0.29) is 17.9 Å². The van der Waals surface area contributed by atoms with E-state index >= 15 is 0 Å². The van der Waals surface area contributed by atoms with E-state index in [1.54, 1.807) is 18.3 Å². The van der Waals surface area contributed by atoms with Crippen LogP contribution in [0.2, 0.25) is 0 Å². The van der Waals surface area contributed by atoms with Gasteiger partial charge in [0.05, 0.1) is 11.8 Å². The maximum atomic E-state index is 12.8. The summed E-state index contributed by atoms with van der Waals surface area (Å²) in [6, 6.07) is 7.84. The topological polar surface area (TPSA) is 87.8 Å². The fraction of sp³-hybridized carbons (Fsp3) is 0.348. The van der Waals surface area contributed by atoms with Crippen LogP contribution in [0.15, 0.2) is 35.3 Å². The molecule has 0 aliphatic heterocycles. The van der Waals surface area contributed by atoms with Gasteiger partial charge in [0, 0.05) is 22.0 Å². The number of H-pyrrole nitrogens is 2. The van der Waals surface area contributed by atoms with E-state index in [4.69, 9.17) is 4.74 Å². The van der Waals surface area contributed by atoms with Crippen molar-refractivity contribution in [3.05, 3.63) is 62.6 Å². The number of aromatic amines is 2. The summed E-state index contributed by atoms with van der Waals surface area (Å²) in [5.41, 5.74) is 2.89. The standard InChI is InChI=1S/C23H23N3O3S/c1-12-7-8-16-18(9-12)30-23-20(16)22(28)25-21(26-23)13(2)29-19(27)10-14-11-24-17-6-4-3-5-15(14)17/h3-6,11-13,24H,7-10H2,1-2H3,(H,25,26,28)/t12-,13-/m0/s1. The molecule has 4 aromatic rings. The van der Waals surface area contributed by atoms with E-state index in [1.807, 2.05) is 30.5 Å². The van der Waals surface area contributed by atoms with Crippen LogP contribution in [0.4, 0.5) is 0 Å². The molecule has 154 valence electrons. The summed E-state index contributed by atoms with van der Waals surface area (Å²) in [6.07, 6.45) is 4.39. The number of ether oxygens (including phenoxy) is 1. The summed E-state index contributed by atoms with van der Waals surface area (Å²) in [4.78, 5) is 38.0. The molecule has 7 heteroatoms. The fourth-order valence-electron chi connectivity index (χ4n) is 4.29. The van der Waals surface area contributed by atoms with Crippen molar-refractivity contribution < 1.29 is 9.53 Å². The zero-order valence-corrected chi connectivity index (χ0v) is 17.8. The van der Waals surface area contributed by atoms with Crippen LogP contribution in [0.25, 0.3) is 21.1 Å². The molecule has 2 N–H and O–H groups in total. The minimum absolute atomic E-state index is 0.137. The number of carbonyl (C=O) groups is 1. The van der Waals surface area contributed by atoms with Crippen LogP contribution >= 0.6 is 11.3 Å². The first-order valence-corrected chi connectivity index (χ1v) is 11.1. The van der Waals surface area contributed by atoms with E-state index in [1.165, 1.54) is 4.88 Å². The van der Waals surface area contributed by atoms with Crippen molar-refractivity contribution in [2.24, 2.45) is 5.92 Å². The maximum absolute atomic E-state index is 12.8. The van der Waals surface area contributed by atoms with E-state index < -0.39 is 6.10 Å². The van der Waals surface area contributed by atoms with Crippen LogP contribution < -0.4 is 5.56 Å². The lowest BCUT2D eigenvalue weighted by Crippen LogP contribution is -2.18. The van der Waals surface area contributed by atoms with Crippen molar-refractivity contribution in [2.75, 3.05) is 0 Å². The molecule has 0 spiro atoms. The van der Waals surface area contributed by atoms with Gasteiger partial charge in [-0.3, -0.25) is 9.59 Å². The summed E-state index contributed by atoms with van der Waals surface area (Å²) in [6.45, 7) is 3.98. The van der Waals surface area contributed by atoms with Gasteiger partial charge >= 0.3 is 5.97 Å². The third kappa shape index (κ3) is 3.33. The van der Waals surface area contributed by atoms with Gasteiger partial charge in [-0.2, -0.15) is 0 Å². The van der Waals surface area contributed by atoms with E-state index in [2.05, 4.69) is 21.9 Å². The van der Waals surface area contributed by atoms with Gasteiger partial charge < -0.3 is 14.7 Å². The van der Waals surface area contributed by atoms with Crippen LogP contribution in [-0.4, -0.2) is 20.9 Å². The molecule has 5 rings (SSSR count). The van der Waals surface area contributed by atoms with Crippen molar-refractivity contribution in [1.82, 2.24) is 15.0 Å². The van der Waals surface area contributed by atoms with Crippen LogP contribution in [0.5, 0.6) is 0 Å². The Kier molecular flexibility index (Phi) is 4.70. The summed E-state index contributed by atoms with van der Waals surface area (Å²) >= 11 is 1.60. The highest BCUT2D eigenvalue weighted by Crippen LogP contribution is 2.36. The van der Waals surface area contributed by atoms with Crippen molar-refractivity contribution in [2.45, 2.75) is 45.6 Å². The zero-order chi connectivity index (χ0) is 20.8. The average Bonchev–Trinajstić information content (AvgIpc) is 3.28. The Morgan fingerprint density at radius 1 is 1.37 bits per heavy atom. The number of benzene rings is 1. The number of aryl methyl sites for hydroxylation is 1. The SMILES string of the molecule is C[C@H]1CCc2c(sc3nc([C@H](C)OC(=O)Cc4c[nH]c5ccccc45)[nH]c(=O)c23)C1. The predicted molar refractivity (Wildman–Crippen MR) is 118 cm³/mol. The first kappa shape index (κ1) is 19.1. The maximum Gasteiger partial charge on any atom is 0.311 e. The number of hydrogen-bond acceptors (Lipinski definition) is 5. The molecular formula is C23H23N3O3S. The Morgan fingerprint density at radius 2 is 2.20 bits per heavy atom. The number of carbonyl (C=O) groups excluding carboxylic acids is 1. The molecule has 3 heterocycles. The smallest absolute Gasteiger partial charge is 0.311 e. The van der Waals surface area contributed by atoms with Crippen LogP contribution in [0.1, 0.15) is 48.2 Å². The zero-order valence-electron chi connectivity index (χ0n) is 17.0. The number of nitrogens with one attached hydrogen (secondary N) is 2. The van der Waals surface area contributed by atoms with Crippen LogP contribution in [0, 0.1) is 5.92 Å². The molecule has 1 aromatic carbocycles. The van der Waals surface area contributed by atoms with Gasteiger partial charge in [-0.1, -0.05) is 25.1 Å². The van der Waals surface area contributed by atoms with E-state index in [0.29, 0.717) is 17.1 Å². The van der Waals surface area contributed by atoms with Gasteiger partial charge in [0.2, 0.25) is 0 Å². The molecule has 0 saturated carbocycles. The molecule has 30 heavy (non-hydrogen) atoms. The number of fused-ring (bicyclic) bond motifs is 4. The second-order valence-electron chi connectivity index (χ2n) is 8.15. The molecule has 0 radical (unpaired) electrons. The van der Waals surface area contributed by atoms with Gasteiger partial charge in [0.15, 0.2) is 11.9 Å². The van der Waals surface area contributed by atoms with E-state index in [9.17, 15) is 9.59 Å². The predicted octanol–water partition coefficient (Wildman–Crippen LogP) is 4.44. The quantitative estimate of drug-likeness (QED) is 0.477. The number of aromatic nitrogens is 3. The summed E-state index contributed by atoms with van der Waals surface area (Å²) in [5.74, 6) is 0.675. The Labute approximate surface area is 177 Å². The number of esters is 1. The summed E-state index contributed by atoms with van der Waals surface area (Å²) < 4.78 is 5.60. The highest BCUT2D eigenvalue weighted by molar-refractivity contribution is 7.18. The minimum Gasteiger partial charge on any atom is -0.454 e. The third-order valence-corrected chi connectivity index (χ3v) is 7.03. The molecular weight excluding hydrogens is 398 g/mol. The molecule has 0 amide bonds. The van der Waals surface area contributed by atoms with Gasteiger partial charge in [-0.25, -0.2) is 4.98 Å². The Balaban J connectivity index is 1.37. The van der Waals surface area contributed by atoms with Crippen molar-refractivity contribution in [1.29, 1.82) is 0 Å². The minimum atomic E-state index is -0.627.